The topological polar surface area (TPSA) is 157 Å². The second-order valence-corrected chi connectivity index (χ2v) is 9.10. The number of ketones is 1. The van der Waals surface area contributed by atoms with Crippen molar-refractivity contribution >= 4 is 29.4 Å². The molecule has 0 aromatic heterocycles. The molecule has 0 heterocycles. The molecule has 0 bridgehead atoms. The Morgan fingerprint density at radius 1 is 0.725 bits per heavy atom. The lowest BCUT2D eigenvalue weighted by Gasteiger charge is -2.23. The molecule has 2 atom stereocenters. The van der Waals surface area contributed by atoms with Crippen molar-refractivity contribution in [3.05, 3.63) is 102 Å². The number of methoxy groups -OCH3 is 1. The summed E-state index contributed by atoms with van der Waals surface area (Å²) in [5.74, 6) is -3.37. The summed E-state index contributed by atoms with van der Waals surface area (Å²) in [6, 6.07) is 22.5. The van der Waals surface area contributed by atoms with Gasteiger partial charge in [0.2, 0.25) is 23.5 Å². The van der Waals surface area contributed by atoms with E-state index < -0.39 is 47.9 Å². The summed E-state index contributed by atoms with van der Waals surface area (Å²) in [5, 5.41) is 7.75. The van der Waals surface area contributed by atoms with Crippen molar-refractivity contribution in [1.29, 1.82) is 0 Å². The maximum atomic E-state index is 13.4. The van der Waals surface area contributed by atoms with Crippen molar-refractivity contribution in [2.45, 2.75) is 37.9 Å². The monoisotopic (exact) mass is 544 g/mol. The van der Waals surface area contributed by atoms with Crippen LogP contribution in [0.1, 0.15) is 23.1 Å². The van der Waals surface area contributed by atoms with Gasteiger partial charge in [0.1, 0.15) is 24.3 Å². The molecule has 0 fully saturated rings. The molecule has 0 spiro atoms. The minimum atomic E-state index is -1.21. The molecule has 4 amide bonds. The van der Waals surface area contributed by atoms with E-state index in [1.807, 2.05) is 36.4 Å². The van der Waals surface area contributed by atoms with Crippen LogP contribution in [0.15, 0.2) is 84.9 Å². The number of carbonyl (C=O) groups is 5. The maximum absolute atomic E-state index is 13.4. The number of rotatable bonds is 14. The normalized spacial score (nSPS) is 11.9. The molecule has 0 aliphatic rings. The lowest BCUT2D eigenvalue weighted by Crippen LogP contribution is -2.55. The average molecular weight is 545 g/mol. The third-order valence-electron chi connectivity index (χ3n) is 6.02. The fourth-order valence-corrected chi connectivity index (χ4v) is 3.97. The number of Topliss-reactive ketones (excluding diaryl/α,β-unsaturated/α-hetero) is 1. The number of nitrogens with two attached hydrogens (primary N) is 1. The van der Waals surface area contributed by atoms with Gasteiger partial charge in [-0.05, 0) is 28.8 Å². The minimum Gasteiger partial charge on any atom is -0.497 e. The number of nitrogens with one attached hydrogen (secondary N) is 3. The lowest BCUT2D eigenvalue weighted by molar-refractivity contribution is -0.140. The van der Waals surface area contributed by atoms with E-state index in [-0.39, 0.29) is 19.4 Å². The second-order valence-electron chi connectivity index (χ2n) is 9.10. The molecular formula is C30H32N4O6. The maximum Gasteiger partial charge on any atom is 0.289 e. The van der Waals surface area contributed by atoms with E-state index in [1.165, 1.54) is 7.11 Å². The number of hydrogen-bond donors (Lipinski definition) is 4. The summed E-state index contributed by atoms with van der Waals surface area (Å²) in [5.41, 5.74) is 7.36. The molecule has 0 saturated heterocycles. The smallest absolute Gasteiger partial charge is 0.289 e. The standard InChI is InChI=1S/C30H32N4O6/c1-40-23-14-12-21(13-15-23)17-25(33-27(36)18-26(31)35)29(38)34-24(16-20-8-4-2-5-9-20)28(37)30(39)32-19-22-10-6-3-7-11-22/h2-15,24-25H,16-19H2,1H3,(H2,31,35)(H,32,39)(H,33,36)(H,34,38)/t24-,25-/m0/s1. The summed E-state index contributed by atoms with van der Waals surface area (Å²) in [4.78, 5) is 63.1. The van der Waals surface area contributed by atoms with Crippen LogP contribution < -0.4 is 26.4 Å². The fourth-order valence-electron chi connectivity index (χ4n) is 3.97. The van der Waals surface area contributed by atoms with Gasteiger partial charge in [-0.2, -0.15) is 0 Å². The number of amides is 4. The molecule has 0 aliphatic carbocycles. The van der Waals surface area contributed by atoms with E-state index in [0.29, 0.717) is 11.3 Å². The number of primary amides is 1. The number of ether oxygens (including phenoxy) is 1. The van der Waals surface area contributed by atoms with E-state index >= 15 is 0 Å². The molecule has 10 nitrogen and oxygen atoms in total. The molecule has 0 radical (unpaired) electrons. The van der Waals surface area contributed by atoms with E-state index in [1.54, 1.807) is 48.5 Å². The Hall–Kier alpha value is -4.99. The average Bonchev–Trinajstić information content (AvgIpc) is 2.95. The van der Waals surface area contributed by atoms with Crippen LogP contribution in [0.2, 0.25) is 0 Å². The molecule has 0 aliphatic heterocycles. The highest BCUT2D eigenvalue weighted by molar-refractivity contribution is 6.38. The van der Waals surface area contributed by atoms with Gasteiger partial charge in [-0.25, -0.2) is 0 Å². The van der Waals surface area contributed by atoms with Crippen LogP contribution in [0.25, 0.3) is 0 Å². The van der Waals surface area contributed by atoms with E-state index in [4.69, 9.17) is 10.5 Å². The molecule has 40 heavy (non-hydrogen) atoms. The highest BCUT2D eigenvalue weighted by atomic mass is 16.5. The molecule has 5 N–H and O–H groups in total. The van der Waals surface area contributed by atoms with Gasteiger partial charge < -0.3 is 26.4 Å². The quantitative estimate of drug-likeness (QED) is 0.177. The van der Waals surface area contributed by atoms with Gasteiger partial charge in [0, 0.05) is 19.4 Å². The highest BCUT2D eigenvalue weighted by Gasteiger charge is 2.30. The van der Waals surface area contributed by atoms with Gasteiger partial charge >= 0.3 is 0 Å². The largest absolute Gasteiger partial charge is 0.497 e. The third kappa shape index (κ3) is 9.39. The van der Waals surface area contributed by atoms with Gasteiger partial charge in [0.05, 0.1) is 7.11 Å². The van der Waals surface area contributed by atoms with Crippen LogP contribution in [0.3, 0.4) is 0 Å². The van der Waals surface area contributed by atoms with Gasteiger partial charge in [0.25, 0.3) is 5.91 Å². The number of benzene rings is 3. The Balaban J connectivity index is 1.79. The molecular weight excluding hydrogens is 512 g/mol. The predicted octanol–water partition coefficient (Wildman–Crippen LogP) is 1.21. The van der Waals surface area contributed by atoms with E-state index in [9.17, 15) is 24.0 Å². The Bertz CT molecular complexity index is 1310. The van der Waals surface area contributed by atoms with Crippen molar-refractivity contribution in [1.82, 2.24) is 16.0 Å². The zero-order valence-corrected chi connectivity index (χ0v) is 22.1. The molecule has 3 aromatic carbocycles. The van der Waals surface area contributed by atoms with Crippen molar-refractivity contribution in [2.75, 3.05) is 7.11 Å². The third-order valence-corrected chi connectivity index (χ3v) is 6.02. The number of hydrogen-bond acceptors (Lipinski definition) is 6. The first kappa shape index (κ1) is 29.6. The fraction of sp³-hybridized carbons (Fsp3) is 0.233. The summed E-state index contributed by atoms with van der Waals surface area (Å²) < 4.78 is 5.16. The van der Waals surface area contributed by atoms with Crippen LogP contribution in [0.5, 0.6) is 5.75 Å². The summed E-state index contributed by atoms with van der Waals surface area (Å²) in [6.07, 6.45) is -0.512. The van der Waals surface area contributed by atoms with Crippen molar-refractivity contribution in [3.8, 4) is 5.75 Å². The first-order valence-corrected chi connectivity index (χ1v) is 12.7. The highest BCUT2D eigenvalue weighted by Crippen LogP contribution is 2.13. The summed E-state index contributed by atoms with van der Waals surface area (Å²) in [6.45, 7) is 0.140. The molecule has 3 rings (SSSR count). The van der Waals surface area contributed by atoms with Crippen molar-refractivity contribution < 1.29 is 28.7 Å². The zero-order valence-electron chi connectivity index (χ0n) is 22.1. The zero-order chi connectivity index (χ0) is 28.9. The first-order valence-electron chi connectivity index (χ1n) is 12.7. The van der Waals surface area contributed by atoms with Crippen molar-refractivity contribution in [2.24, 2.45) is 5.73 Å². The molecule has 0 saturated carbocycles. The van der Waals surface area contributed by atoms with E-state index in [2.05, 4.69) is 16.0 Å². The Morgan fingerprint density at radius 3 is 1.85 bits per heavy atom. The van der Waals surface area contributed by atoms with Crippen molar-refractivity contribution in [3.63, 3.8) is 0 Å². The predicted molar refractivity (Wildman–Crippen MR) is 148 cm³/mol. The van der Waals surface area contributed by atoms with Crippen LogP contribution in [0, 0.1) is 0 Å². The molecule has 0 unspecified atom stereocenters. The van der Waals surface area contributed by atoms with Crippen LogP contribution in [-0.2, 0) is 43.4 Å². The van der Waals surface area contributed by atoms with Gasteiger partial charge in [0.15, 0.2) is 0 Å². The summed E-state index contributed by atoms with van der Waals surface area (Å²) >= 11 is 0. The van der Waals surface area contributed by atoms with Gasteiger partial charge in [-0.15, -0.1) is 0 Å². The molecule has 208 valence electrons. The van der Waals surface area contributed by atoms with Crippen LogP contribution in [0.4, 0.5) is 0 Å². The SMILES string of the molecule is COc1ccc(C[C@H](NC(=O)CC(N)=O)C(=O)N[C@@H](Cc2ccccc2)C(=O)C(=O)NCc2ccccc2)cc1. The first-order chi connectivity index (χ1) is 19.2. The number of carbonyl (C=O) groups excluding carboxylic acids is 5. The van der Waals surface area contributed by atoms with Crippen LogP contribution >= 0.6 is 0 Å². The summed E-state index contributed by atoms with van der Waals surface area (Å²) in [7, 11) is 1.52. The second kappa shape index (κ2) is 14.8. The Morgan fingerprint density at radius 2 is 1.27 bits per heavy atom. The Labute approximate surface area is 232 Å². The van der Waals surface area contributed by atoms with Gasteiger partial charge in [-0.3, -0.25) is 24.0 Å². The van der Waals surface area contributed by atoms with Gasteiger partial charge in [-0.1, -0.05) is 72.8 Å². The molecule has 3 aromatic rings. The van der Waals surface area contributed by atoms with Crippen LogP contribution in [-0.4, -0.2) is 48.6 Å². The van der Waals surface area contributed by atoms with E-state index in [0.717, 1.165) is 11.1 Å². The Kier molecular flexibility index (Phi) is 11.0. The minimum absolute atomic E-state index is 0.0484. The molecule has 10 heteroatoms. The lowest BCUT2D eigenvalue weighted by atomic mass is 9.99.